The molecule has 2 nitrogen and oxygen atoms in total. The van der Waals surface area contributed by atoms with Crippen LogP contribution in [0.5, 0.6) is 0 Å². The molecule has 0 aliphatic heterocycles. The van der Waals surface area contributed by atoms with E-state index in [0.717, 1.165) is 16.0 Å². The summed E-state index contributed by atoms with van der Waals surface area (Å²) >= 11 is 1.59. The van der Waals surface area contributed by atoms with Crippen molar-refractivity contribution in [1.82, 2.24) is 0 Å². The summed E-state index contributed by atoms with van der Waals surface area (Å²) in [6, 6.07) is 9.06. The Hall–Kier alpha value is -1.48. The molecule has 1 aromatic carbocycles. The zero-order valence-electron chi connectivity index (χ0n) is 8.10. The van der Waals surface area contributed by atoms with Crippen molar-refractivity contribution in [2.24, 2.45) is 0 Å². The Morgan fingerprint density at radius 2 is 2.20 bits per heavy atom. The highest BCUT2D eigenvalue weighted by atomic mass is 32.2. The summed E-state index contributed by atoms with van der Waals surface area (Å²) in [6.07, 6.45) is 1.81. The normalized spacial score (nSPS) is 10.4. The average molecular weight is 218 g/mol. The van der Waals surface area contributed by atoms with Crippen LogP contribution in [0, 0.1) is 0 Å². The van der Waals surface area contributed by atoms with E-state index in [0.29, 0.717) is 5.58 Å². The van der Waals surface area contributed by atoms with Gasteiger partial charge in [-0.1, -0.05) is 24.3 Å². The van der Waals surface area contributed by atoms with Gasteiger partial charge in [0, 0.05) is 22.1 Å². The number of benzene rings is 1. The SMILES string of the molecule is C=CCSc1cc(=O)oc2ccccc12. The lowest BCUT2D eigenvalue weighted by molar-refractivity contribution is 0.557. The van der Waals surface area contributed by atoms with Crippen LogP contribution in [-0.4, -0.2) is 5.75 Å². The molecule has 15 heavy (non-hydrogen) atoms. The Morgan fingerprint density at radius 1 is 1.40 bits per heavy atom. The van der Waals surface area contributed by atoms with Gasteiger partial charge in [0.15, 0.2) is 0 Å². The van der Waals surface area contributed by atoms with Crippen LogP contribution in [0.2, 0.25) is 0 Å². The Morgan fingerprint density at radius 3 is 3.00 bits per heavy atom. The number of hydrogen-bond acceptors (Lipinski definition) is 3. The summed E-state index contributed by atoms with van der Waals surface area (Å²) in [7, 11) is 0. The molecule has 2 aromatic rings. The third kappa shape index (κ3) is 2.13. The van der Waals surface area contributed by atoms with Crippen LogP contribution in [-0.2, 0) is 0 Å². The number of para-hydroxylation sites is 1. The molecular formula is C12H10O2S. The Balaban J connectivity index is 2.60. The largest absolute Gasteiger partial charge is 0.423 e. The lowest BCUT2D eigenvalue weighted by atomic mass is 10.2. The highest BCUT2D eigenvalue weighted by Crippen LogP contribution is 2.25. The molecule has 0 fully saturated rings. The minimum absolute atomic E-state index is 0.305. The van der Waals surface area contributed by atoms with Crippen LogP contribution < -0.4 is 5.63 Å². The highest BCUT2D eigenvalue weighted by Gasteiger charge is 2.03. The summed E-state index contributed by atoms with van der Waals surface area (Å²) in [5, 5.41) is 0.976. The molecule has 3 heteroatoms. The monoisotopic (exact) mass is 218 g/mol. The van der Waals surface area contributed by atoms with Crippen LogP contribution in [0.25, 0.3) is 11.0 Å². The predicted octanol–water partition coefficient (Wildman–Crippen LogP) is 3.07. The molecular weight excluding hydrogens is 208 g/mol. The van der Waals surface area contributed by atoms with Gasteiger partial charge in [-0.2, -0.15) is 0 Å². The van der Waals surface area contributed by atoms with Gasteiger partial charge in [-0.25, -0.2) is 4.79 Å². The predicted molar refractivity (Wildman–Crippen MR) is 63.4 cm³/mol. The molecule has 0 saturated heterocycles. The molecule has 0 atom stereocenters. The Labute approximate surface area is 91.6 Å². The molecule has 0 aliphatic carbocycles. The van der Waals surface area contributed by atoms with Crippen LogP contribution in [0.4, 0.5) is 0 Å². The van der Waals surface area contributed by atoms with Gasteiger partial charge < -0.3 is 4.42 Å². The van der Waals surface area contributed by atoms with Crippen LogP contribution in [0.1, 0.15) is 0 Å². The topological polar surface area (TPSA) is 30.2 Å². The first kappa shape index (κ1) is 10.1. The van der Waals surface area contributed by atoms with Gasteiger partial charge in [-0.15, -0.1) is 18.3 Å². The molecule has 1 aromatic heterocycles. The van der Waals surface area contributed by atoms with Gasteiger partial charge in [0.1, 0.15) is 5.58 Å². The minimum atomic E-state index is -0.305. The minimum Gasteiger partial charge on any atom is -0.423 e. The molecule has 76 valence electrons. The first-order chi connectivity index (χ1) is 7.31. The van der Waals surface area contributed by atoms with Crippen LogP contribution >= 0.6 is 11.8 Å². The van der Waals surface area contributed by atoms with Crippen molar-refractivity contribution in [3.05, 3.63) is 53.4 Å². The molecule has 1 heterocycles. The second kappa shape index (κ2) is 4.36. The maximum absolute atomic E-state index is 11.3. The van der Waals surface area contributed by atoms with Gasteiger partial charge in [0.25, 0.3) is 0 Å². The van der Waals surface area contributed by atoms with E-state index in [-0.39, 0.29) is 5.63 Å². The van der Waals surface area contributed by atoms with E-state index in [4.69, 9.17) is 4.42 Å². The quantitative estimate of drug-likeness (QED) is 0.450. The van der Waals surface area contributed by atoms with Gasteiger partial charge in [-0.05, 0) is 6.07 Å². The fourth-order valence-corrected chi connectivity index (χ4v) is 2.15. The number of rotatable bonds is 3. The number of hydrogen-bond donors (Lipinski definition) is 0. The first-order valence-corrected chi connectivity index (χ1v) is 5.56. The van der Waals surface area contributed by atoms with Crippen molar-refractivity contribution < 1.29 is 4.42 Å². The fourth-order valence-electron chi connectivity index (χ4n) is 1.35. The maximum Gasteiger partial charge on any atom is 0.337 e. The van der Waals surface area contributed by atoms with Crippen molar-refractivity contribution in [1.29, 1.82) is 0 Å². The smallest absolute Gasteiger partial charge is 0.337 e. The van der Waals surface area contributed by atoms with Crippen molar-refractivity contribution in [3.63, 3.8) is 0 Å². The van der Waals surface area contributed by atoms with Crippen molar-refractivity contribution >= 4 is 22.7 Å². The fraction of sp³-hybridized carbons (Fsp3) is 0.0833. The van der Waals surface area contributed by atoms with Gasteiger partial charge in [0.05, 0.1) is 0 Å². The summed E-state index contributed by atoms with van der Waals surface area (Å²) in [6.45, 7) is 3.66. The standard InChI is InChI=1S/C12H10O2S/c1-2-7-15-11-8-12(13)14-10-6-4-3-5-9(10)11/h2-6,8H,1,7H2. The third-order valence-corrected chi connectivity index (χ3v) is 3.02. The molecule has 0 unspecified atom stereocenters. The van der Waals surface area contributed by atoms with Crippen LogP contribution in [0.3, 0.4) is 0 Å². The van der Waals surface area contributed by atoms with E-state index >= 15 is 0 Å². The van der Waals surface area contributed by atoms with E-state index in [9.17, 15) is 4.79 Å². The molecule has 0 saturated carbocycles. The summed E-state index contributed by atoms with van der Waals surface area (Å²) < 4.78 is 5.09. The van der Waals surface area contributed by atoms with Crippen molar-refractivity contribution in [2.75, 3.05) is 5.75 Å². The lowest BCUT2D eigenvalue weighted by Crippen LogP contribution is -1.97. The summed E-state index contributed by atoms with van der Waals surface area (Å²) in [5.74, 6) is 0.785. The molecule has 2 rings (SSSR count). The second-order valence-electron chi connectivity index (χ2n) is 3.03. The van der Waals surface area contributed by atoms with Crippen molar-refractivity contribution in [2.45, 2.75) is 4.90 Å². The van der Waals surface area contributed by atoms with Gasteiger partial charge >= 0.3 is 5.63 Å². The molecule has 0 amide bonds. The molecule has 0 radical (unpaired) electrons. The zero-order valence-corrected chi connectivity index (χ0v) is 8.92. The third-order valence-electron chi connectivity index (χ3n) is 1.97. The van der Waals surface area contributed by atoms with Gasteiger partial charge in [-0.3, -0.25) is 0 Å². The van der Waals surface area contributed by atoms with E-state index in [1.165, 1.54) is 6.07 Å². The first-order valence-electron chi connectivity index (χ1n) is 4.58. The lowest BCUT2D eigenvalue weighted by Gasteiger charge is -2.02. The average Bonchev–Trinajstić information content (AvgIpc) is 2.25. The summed E-state index contributed by atoms with van der Waals surface area (Å²) in [5.41, 5.74) is 0.330. The molecule has 0 spiro atoms. The number of fused-ring (bicyclic) bond motifs is 1. The maximum atomic E-state index is 11.3. The van der Waals surface area contributed by atoms with E-state index in [2.05, 4.69) is 6.58 Å². The molecule has 0 aliphatic rings. The second-order valence-corrected chi connectivity index (χ2v) is 4.09. The van der Waals surface area contributed by atoms with E-state index in [1.807, 2.05) is 24.3 Å². The van der Waals surface area contributed by atoms with Crippen molar-refractivity contribution in [3.8, 4) is 0 Å². The molecule has 0 bridgehead atoms. The highest BCUT2D eigenvalue weighted by molar-refractivity contribution is 7.99. The van der Waals surface area contributed by atoms with Crippen LogP contribution in [0.15, 0.2) is 57.1 Å². The molecule has 0 N–H and O–H groups in total. The van der Waals surface area contributed by atoms with Gasteiger partial charge in [0.2, 0.25) is 0 Å². The summed E-state index contributed by atoms with van der Waals surface area (Å²) in [4.78, 5) is 12.2. The Bertz CT molecular complexity index is 543. The number of thioether (sulfide) groups is 1. The van der Waals surface area contributed by atoms with E-state index in [1.54, 1.807) is 17.8 Å². The van der Waals surface area contributed by atoms with E-state index < -0.39 is 0 Å². The zero-order chi connectivity index (χ0) is 10.7. The Kier molecular flexibility index (Phi) is 2.92.